The van der Waals surface area contributed by atoms with Crippen molar-refractivity contribution in [2.45, 2.75) is 12.5 Å². The minimum absolute atomic E-state index is 0.260. The van der Waals surface area contributed by atoms with Crippen LogP contribution in [0.5, 0.6) is 11.5 Å². The van der Waals surface area contributed by atoms with Gasteiger partial charge < -0.3 is 9.47 Å². The van der Waals surface area contributed by atoms with Gasteiger partial charge in [0.15, 0.2) is 18.1 Å². The number of hydrogen-bond acceptors (Lipinski definition) is 3. The van der Waals surface area contributed by atoms with E-state index in [1.165, 1.54) is 24.3 Å². The summed E-state index contributed by atoms with van der Waals surface area (Å²) in [6.07, 6.45) is -9.26. The Labute approximate surface area is 137 Å². The Bertz CT molecular complexity index is 752. The molecule has 0 saturated heterocycles. The highest BCUT2D eigenvalue weighted by Gasteiger charge is 2.34. The highest BCUT2D eigenvalue weighted by atomic mass is 19.4. The Morgan fingerprint density at radius 3 is 2.16 bits per heavy atom. The number of benzene rings is 2. The molecule has 2 rings (SSSR count). The van der Waals surface area contributed by atoms with Gasteiger partial charge in [-0.05, 0) is 29.3 Å². The van der Waals surface area contributed by atoms with Crippen molar-refractivity contribution in [2.75, 3.05) is 6.61 Å². The molecule has 2 aromatic rings. The molecule has 0 aliphatic carbocycles. The van der Waals surface area contributed by atoms with Crippen LogP contribution in [0.3, 0.4) is 0 Å². The van der Waals surface area contributed by atoms with Crippen molar-refractivity contribution < 1.29 is 40.6 Å². The SMILES string of the molecule is O=Cc1cccc(-c2ccc(OC(F)(F)F)c(OCC(F)(F)F)c2)c1. The molecule has 0 fully saturated rings. The van der Waals surface area contributed by atoms with Crippen LogP contribution in [-0.4, -0.2) is 25.4 Å². The zero-order valence-electron chi connectivity index (χ0n) is 12.3. The van der Waals surface area contributed by atoms with Crippen molar-refractivity contribution in [2.24, 2.45) is 0 Å². The molecule has 0 unspecified atom stereocenters. The third kappa shape index (κ3) is 5.70. The fourth-order valence-electron chi connectivity index (χ4n) is 1.96. The van der Waals surface area contributed by atoms with Crippen LogP contribution in [0, 0.1) is 0 Å². The number of carbonyl (C=O) groups is 1. The lowest BCUT2D eigenvalue weighted by Gasteiger charge is -2.16. The third-order valence-electron chi connectivity index (χ3n) is 2.92. The average Bonchev–Trinajstić information content (AvgIpc) is 2.52. The molecule has 25 heavy (non-hydrogen) atoms. The molecular weight excluding hydrogens is 354 g/mol. The van der Waals surface area contributed by atoms with E-state index in [1.54, 1.807) is 6.07 Å². The maximum atomic E-state index is 12.4. The Kier molecular flexibility index (Phi) is 5.24. The van der Waals surface area contributed by atoms with Gasteiger partial charge in [-0.2, -0.15) is 13.2 Å². The van der Waals surface area contributed by atoms with Gasteiger partial charge in [-0.1, -0.05) is 24.3 Å². The average molecular weight is 364 g/mol. The van der Waals surface area contributed by atoms with Crippen LogP contribution in [0.4, 0.5) is 26.3 Å². The highest BCUT2D eigenvalue weighted by molar-refractivity contribution is 5.79. The van der Waals surface area contributed by atoms with Crippen molar-refractivity contribution in [1.82, 2.24) is 0 Å². The van der Waals surface area contributed by atoms with E-state index < -0.39 is 30.6 Å². The number of aldehydes is 1. The first kappa shape index (κ1) is 18.6. The zero-order valence-corrected chi connectivity index (χ0v) is 12.3. The summed E-state index contributed by atoms with van der Waals surface area (Å²) in [5, 5.41) is 0. The molecule has 0 amide bonds. The monoisotopic (exact) mass is 364 g/mol. The zero-order chi connectivity index (χ0) is 18.7. The number of ether oxygens (including phenoxy) is 2. The van der Waals surface area contributed by atoms with Gasteiger partial charge in [-0.3, -0.25) is 4.79 Å². The van der Waals surface area contributed by atoms with Gasteiger partial charge in [0.1, 0.15) is 6.29 Å². The maximum absolute atomic E-state index is 12.4. The van der Waals surface area contributed by atoms with Gasteiger partial charge in [-0.25, -0.2) is 0 Å². The van der Waals surface area contributed by atoms with E-state index in [0.29, 0.717) is 17.4 Å². The van der Waals surface area contributed by atoms with E-state index in [1.807, 2.05) is 0 Å². The van der Waals surface area contributed by atoms with E-state index >= 15 is 0 Å². The Balaban J connectivity index is 2.41. The number of halogens is 6. The molecule has 0 aliphatic heterocycles. The fourth-order valence-corrected chi connectivity index (χ4v) is 1.96. The van der Waals surface area contributed by atoms with Gasteiger partial charge in [0.25, 0.3) is 0 Å². The molecule has 2 aromatic carbocycles. The summed E-state index contributed by atoms with van der Waals surface area (Å²) < 4.78 is 82.2. The first-order valence-corrected chi connectivity index (χ1v) is 6.72. The summed E-state index contributed by atoms with van der Waals surface area (Å²) >= 11 is 0. The lowest BCUT2D eigenvalue weighted by molar-refractivity contribution is -0.275. The van der Waals surface area contributed by atoms with Crippen molar-refractivity contribution >= 4 is 6.29 Å². The molecule has 3 nitrogen and oxygen atoms in total. The molecule has 0 radical (unpaired) electrons. The Morgan fingerprint density at radius 1 is 0.880 bits per heavy atom. The number of carbonyl (C=O) groups excluding carboxylic acids is 1. The summed E-state index contributed by atoms with van der Waals surface area (Å²) in [6.45, 7) is -1.78. The highest BCUT2D eigenvalue weighted by Crippen LogP contribution is 2.36. The van der Waals surface area contributed by atoms with Crippen LogP contribution in [0.15, 0.2) is 42.5 Å². The second-order valence-electron chi connectivity index (χ2n) is 4.86. The molecule has 0 heterocycles. The molecule has 0 aromatic heterocycles. The molecule has 0 atom stereocenters. The second kappa shape index (κ2) is 7.04. The topological polar surface area (TPSA) is 35.5 Å². The predicted molar refractivity (Wildman–Crippen MR) is 75.5 cm³/mol. The third-order valence-corrected chi connectivity index (χ3v) is 2.92. The first-order valence-electron chi connectivity index (χ1n) is 6.72. The molecule has 0 aliphatic rings. The van der Waals surface area contributed by atoms with Gasteiger partial charge >= 0.3 is 12.5 Å². The van der Waals surface area contributed by atoms with Crippen LogP contribution < -0.4 is 9.47 Å². The van der Waals surface area contributed by atoms with E-state index in [-0.39, 0.29) is 5.56 Å². The Morgan fingerprint density at radius 2 is 1.56 bits per heavy atom. The second-order valence-corrected chi connectivity index (χ2v) is 4.86. The van der Waals surface area contributed by atoms with Gasteiger partial charge in [0.05, 0.1) is 0 Å². The smallest absolute Gasteiger partial charge is 0.480 e. The van der Waals surface area contributed by atoms with Crippen molar-refractivity contribution in [3.63, 3.8) is 0 Å². The summed E-state index contributed by atoms with van der Waals surface area (Å²) in [5.41, 5.74) is 0.973. The fraction of sp³-hybridized carbons (Fsp3) is 0.188. The van der Waals surface area contributed by atoms with Crippen LogP contribution in [0.25, 0.3) is 11.1 Å². The van der Waals surface area contributed by atoms with Crippen LogP contribution >= 0.6 is 0 Å². The van der Waals surface area contributed by atoms with Gasteiger partial charge in [0.2, 0.25) is 0 Å². The standard InChI is InChI=1S/C16H10F6O3/c17-15(18,19)9-24-14-7-12(4-5-13(14)25-16(20,21)22)11-3-1-2-10(6-11)8-23/h1-8H,9H2. The quantitative estimate of drug-likeness (QED) is 0.553. The van der Waals surface area contributed by atoms with E-state index in [4.69, 9.17) is 0 Å². The molecular formula is C16H10F6O3. The Hall–Kier alpha value is -2.71. The van der Waals surface area contributed by atoms with Crippen LogP contribution in [-0.2, 0) is 0 Å². The minimum atomic E-state index is -5.09. The summed E-state index contributed by atoms with van der Waals surface area (Å²) in [6, 6.07) is 9.04. The van der Waals surface area contributed by atoms with Crippen LogP contribution in [0.2, 0.25) is 0 Å². The minimum Gasteiger partial charge on any atom is -0.480 e. The largest absolute Gasteiger partial charge is 0.573 e. The molecule has 134 valence electrons. The lowest BCUT2D eigenvalue weighted by Crippen LogP contribution is -2.21. The predicted octanol–water partition coefficient (Wildman–Crippen LogP) is 5.01. The number of hydrogen-bond donors (Lipinski definition) is 0. The van der Waals surface area contributed by atoms with Crippen molar-refractivity contribution in [1.29, 1.82) is 0 Å². The molecule has 0 N–H and O–H groups in total. The summed E-state index contributed by atoms with van der Waals surface area (Å²) in [4.78, 5) is 10.8. The molecule has 0 spiro atoms. The number of alkyl halides is 6. The molecule has 0 bridgehead atoms. The van der Waals surface area contributed by atoms with E-state index in [9.17, 15) is 31.1 Å². The van der Waals surface area contributed by atoms with E-state index in [0.717, 1.165) is 12.1 Å². The maximum Gasteiger partial charge on any atom is 0.573 e. The first-order chi connectivity index (χ1) is 11.6. The summed E-state index contributed by atoms with van der Waals surface area (Å²) in [5.74, 6) is -1.62. The van der Waals surface area contributed by atoms with Crippen molar-refractivity contribution in [3.8, 4) is 22.6 Å². The van der Waals surface area contributed by atoms with Gasteiger partial charge in [0, 0.05) is 5.56 Å². The van der Waals surface area contributed by atoms with Crippen LogP contribution in [0.1, 0.15) is 10.4 Å². The summed E-state index contributed by atoms with van der Waals surface area (Å²) in [7, 11) is 0. The number of rotatable bonds is 5. The molecule has 0 saturated carbocycles. The van der Waals surface area contributed by atoms with E-state index in [2.05, 4.69) is 9.47 Å². The normalized spacial score (nSPS) is 11.9. The molecule has 9 heteroatoms. The lowest BCUT2D eigenvalue weighted by atomic mass is 10.0. The van der Waals surface area contributed by atoms with Gasteiger partial charge in [-0.15, -0.1) is 13.2 Å². The van der Waals surface area contributed by atoms with Crippen molar-refractivity contribution in [3.05, 3.63) is 48.0 Å².